The molecular formula is C16H22N4O4. The summed E-state index contributed by atoms with van der Waals surface area (Å²) in [6.45, 7) is 1.01. The molecule has 0 bridgehead atoms. The Morgan fingerprint density at radius 1 is 1.21 bits per heavy atom. The molecule has 8 heteroatoms. The standard InChI is InChI=1S/C16H22N4O4/c1-17-14(22)11-6-8-20(9-7-11)13(21)5-4-12-10-18(2)16(24)19(3)15(12)23/h4-5,10-11H,6-9H2,1-3H3,(H,17,22)/b5-4-. The highest BCUT2D eigenvalue weighted by atomic mass is 16.2. The van der Waals surface area contributed by atoms with E-state index in [-0.39, 0.29) is 23.3 Å². The Labute approximate surface area is 139 Å². The number of aryl methyl sites for hydroxylation is 1. The number of hydrogen-bond donors (Lipinski definition) is 1. The Morgan fingerprint density at radius 3 is 2.42 bits per heavy atom. The Hall–Kier alpha value is -2.64. The molecule has 0 radical (unpaired) electrons. The van der Waals surface area contributed by atoms with E-state index in [1.165, 1.54) is 30.0 Å². The monoisotopic (exact) mass is 334 g/mol. The Balaban J connectivity index is 2.06. The molecule has 2 rings (SSSR count). The van der Waals surface area contributed by atoms with Crippen LogP contribution in [0.5, 0.6) is 0 Å². The van der Waals surface area contributed by atoms with E-state index in [0.29, 0.717) is 25.9 Å². The molecule has 2 heterocycles. The van der Waals surface area contributed by atoms with Crippen LogP contribution in [-0.4, -0.2) is 46.0 Å². The predicted octanol–water partition coefficient (Wildman–Crippen LogP) is -0.918. The van der Waals surface area contributed by atoms with E-state index in [2.05, 4.69) is 5.32 Å². The van der Waals surface area contributed by atoms with Crippen LogP contribution in [0.3, 0.4) is 0 Å². The minimum absolute atomic E-state index is 0.00587. The molecule has 1 N–H and O–H groups in total. The van der Waals surface area contributed by atoms with E-state index in [1.54, 1.807) is 19.0 Å². The zero-order valence-corrected chi connectivity index (χ0v) is 14.1. The molecule has 24 heavy (non-hydrogen) atoms. The summed E-state index contributed by atoms with van der Waals surface area (Å²) in [4.78, 5) is 49.1. The number of piperidine rings is 1. The molecule has 1 aliphatic rings. The van der Waals surface area contributed by atoms with E-state index in [9.17, 15) is 19.2 Å². The number of carbonyl (C=O) groups is 2. The lowest BCUT2D eigenvalue weighted by molar-refractivity contribution is -0.131. The zero-order valence-electron chi connectivity index (χ0n) is 14.1. The van der Waals surface area contributed by atoms with E-state index in [0.717, 1.165) is 4.57 Å². The molecule has 8 nitrogen and oxygen atoms in total. The SMILES string of the molecule is CNC(=O)C1CCN(C(=O)/C=C\c2cn(C)c(=O)n(C)c2=O)CC1. The van der Waals surface area contributed by atoms with Crippen molar-refractivity contribution in [2.45, 2.75) is 12.8 Å². The van der Waals surface area contributed by atoms with Crippen molar-refractivity contribution in [2.24, 2.45) is 20.0 Å². The van der Waals surface area contributed by atoms with E-state index >= 15 is 0 Å². The Morgan fingerprint density at radius 2 is 1.83 bits per heavy atom. The van der Waals surface area contributed by atoms with Gasteiger partial charge in [0.05, 0.1) is 5.56 Å². The number of likely N-dealkylation sites (tertiary alicyclic amines) is 1. The van der Waals surface area contributed by atoms with Gasteiger partial charge in [-0.1, -0.05) is 0 Å². The van der Waals surface area contributed by atoms with Gasteiger partial charge in [-0.3, -0.25) is 19.0 Å². The summed E-state index contributed by atoms with van der Waals surface area (Å²) < 4.78 is 2.29. The van der Waals surface area contributed by atoms with Gasteiger partial charge in [0.2, 0.25) is 11.8 Å². The van der Waals surface area contributed by atoms with Gasteiger partial charge in [0.15, 0.2) is 0 Å². The number of amides is 2. The second kappa shape index (κ2) is 7.29. The van der Waals surface area contributed by atoms with Gasteiger partial charge in [-0.25, -0.2) is 4.79 Å². The van der Waals surface area contributed by atoms with Crippen molar-refractivity contribution in [1.82, 2.24) is 19.4 Å². The normalized spacial score (nSPS) is 15.7. The van der Waals surface area contributed by atoms with Crippen molar-refractivity contribution in [3.05, 3.63) is 38.7 Å². The summed E-state index contributed by atoms with van der Waals surface area (Å²) in [7, 11) is 4.55. The fraction of sp³-hybridized carbons (Fsp3) is 0.500. The highest BCUT2D eigenvalue weighted by Crippen LogP contribution is 2.17. The first-order valence-corrected chi connectivity index (χ1v) is 7.80. The van der Waals surface area contributed by atoms with Gasteiger partial charge in [-0.15, -0.1) is 0 Å². The average molecular weight is 334 g/mol. The van der Waals surface area contributed by atoms with Crippen molar-refractivity contribution in [3.63, 3.8) is 0 Å². The first kappa shape index (κ1) is 17.7. The summed E-state index contributed by atoms with van der Waals surface area (Å²) >= 11 is 0. The molecule has 130 valence electrons. The third kappa shape index (κ3) is 3.64. The Kier molecular flexibility index (Phi) is 5.38. The molecule has 1 aromatic heterocycles. The summed E-state index contributed by atoms with van der Waals surface area (Å²) in [5.74, 6) is -0.258. The van der Waals surface area contributed by atoms with Gasteiger partial charge < -0.3 is 14.8 Å². The highest BCUT2D eigenvalue weighted by molar-refractivity contribution is 5.92. The van der Waals surface area contributed by atoms with Crippen LogP contribution in [0.4, 0.5) is 0 Å². The maximum Gasteiger partial charge on any atom is 0.330 e. The van der Waals surface area contributed by atoms with Crippen LogP contribution in [0.1, 0.15) is 18.4 Å². The van der Waals surface area contributed by atoms with Crippen molar-refractivity contribution in [1.29, 1.82) is 0 Å². The lowest BCUT2D eigenvalue weighted by Crippen LogP contribution is -2.41. The number of carbonyl (C=O) groups excluding carboxylic acids is 2. The van der Waals surface area contributed by atoms with Crippen LogP contribution in [0.15, 0.2) is 21.9 Å². The number of nitrogens with zero attached hydrogens (tertiary/aromatic N) is 3. The number of aromatic nitrogens is 2. The molecule has 0 aliphatic carbocycles. The molecule has 1 aliphatic heterocycles. The molecular weight excluding hydrogens is 312 g/mol. The van der Waals surface area contributed by atoms with Crippen molar-refractivity contribution in [3.8, 4) is 0 Å². The zero-order chi connectivity index (χ0) is 17.9. The molecule has 0 spiro atoms. The second-order valence-corrected chi connectivity index (χ2v) is 5.89. The van der Waals surface area contributed by atoms with Crippen LogP contribution < -0.4 is 16.6 Å². The lowest BCUT2D eigenvalue weighted by atomic mass is 9.96. The first-order chi connectivity index (χ1) is 11.3. The van der Waals surface area contributed by atoms with Gasteiger partial charge in [-0.2, -0.15) is 0 Å². The minimum Gasteiger partial charge on any atom is -0.359 e. The molecule has 0 unspecified atom stereocenters. The highest BCUT2D eigenvalue weighted by Gasteiger charge is 2.25. The second-order valence-electron chi connectivity index (χ2n) is 5.89. The van der Waals surface area contributed by atoms with Gasteiger partial charge >= 0.3 is 5.69 Å². The van der Waals surface area contributed by atoms with E-state index < -0.39 is 11.2 Å². The lowest BCUT2D eigenvalue weighted by Gasteiger charge is -2.30. The minimum atomic E-state index is -0.444. The first-order valence-electron chi connectivity index (χ1n) is 7.80. The fourth-order valence-electron chi connectivity index (χ4n) is 2.78. The van der Waals surface area contributed by atoms with Crippen LogP contribution >= 0.6 is 0 Å². The van der Waals surface area contributed by atoms with Crippen molar-refractivity contribution in [2.75, 3.05) is 20.1 Å². The molecule has 1 saturated heterocycles. The maximum atomic E-state index is 12.2. The smallest absolute Gasteiger partial charge is 0.330 e. The molecule has 1 fully saturated rings. The summed E-state index contributed by atoms with van der Waals surface area (Å²) in [6.07, 6.45) is 5.42. The molecule has 0 atom stereocenters. The number of hydrogen-bond acceptors (Lipinski definition) is 4. The number of rotatable bonds is 3. The van der Waals surface area contributed by atoms with Crippen molar-refractivity contribution < 1.29 is 9.59 Å². The van der Waals surface area contributed by atoms with Gasteiger partial charge in [0, 0.05) is 52.4 Å². The third-order valence-corrected chi connectivity index (χ3v) is 4.30. The quantitative estimate of drug-likeness (QED) is 0.724. The topological polar surface area (TPSA) is 93.4 Å². The third-order valence-electron chi connectivity index (χ3n) is 4.30. The summed E-state index contributed by atoms with van der Waals surface area (Å²) in [5, 5.41) is 2.63. The van der Waals surface area contributed by atoms with Gasteiger partial charge in [-0.05, 0) is 18.9 Å². The van der Waals surface area contributed by atoms with Crippen LogP contribution in [0.25, 0.3) is 6.08 Å². The van der Waals surface area contributed by atoms with E-state index in [1.807, 2.05) is 0 Å². The molecule has 2 amide bonds. The average Bonchev–Trinajstić information content (AvgIpc) is 2.61. The fourth-order valence-corrected chi connectivity index (χ4v) is 2.78. The number of nitrogens with one attached hydrogen (secondary N) is 1. The molecule has 0 aromatic carbocycles. The molecule has 1 aromatic rings. The molecule has 0 saturated carbocycles. The summed E-state index contributed by atoms with van der Waals surface area (Å²) in [6, 6.07) is 0. The maximum absolute atomic E-state index is 12.2. The van der Waals surface area contributed by atoms with E-state index in [4.69, 9.17) is 0 Å². The van der Waals surface area contributed by atoms with Crippen molar-refractivity contribution >= 4 is 17.9 Å². The van der Waals surface area contributed by atoms with Crippen LogP contribution in [-0.2, 0) is 23.7 Å². The van der Waals surface area contributed by atoms with Crippen LogP contribution in [0, 0.1) is 5.92 Å². The summed E-state index contributed by atoms with van der Waals surface area (Å²) in [5.41, 5.74) is -0.589. The Bertz CT molecular complexity index is 782. The van der Waals surface area contributed by atoms with Gasteiger partial charge in [0.1, 0.15) is 0 Å². The van der Waals surface area contributed by atoms with Gasteiger partial charge in [0.25, 0.3) is 5.56 Å². The largest absolute Gasteiger partial charge is 0.359 e. The van der Waals surface area contributed by atoms with Crippen LogP contribution in [0.2, 0.25) is 0 Å². The predicted molar refractivity (Wildman–Crippen MR) is 89.3 cm³/mol.